The fourth-order valence-corrected chi connectivity index (χ4v) is 4.16. The summed E-state index contributed by atoms with van der Waals surface area (Å²) in [6.45, 7) is 0. The maximum Gasteiger partial charge on any atom is 0.209 e. The number of hydrogen-bond donors (Lipinski definition) is 1. The molecule has 1 saturated carbocycles. The average molecular weight is 305 g/mol. The Bertz CT molecular complexity index is 642. The molecule has 0 saturated heterocycles. The lowest BCUT2D eigenvalue weighted by Gasteiger charge is -2.29. The lowest BCUT2D eigenvalue weighted by molar-refractivity contribution is 0.101. The van der Waals surface area contributed by atoms with Crippen LogP contribution in [0.3, 0.4) is 0 Å². The summed E-state index contributed by atoms with van der Waals surface area (Å²) in [5.74, 6) is 0.436. The Morgan fingerprint density at radius 1 is 1.19 bits per heavy atom. The minimum Gasteiger partial charge on any atom is -0.393 e. The summed E-state index contributed by atoms with van der Waals surface area (Å²) >= 11 is 1.55. The van der Waals surface area contributed by atoms with Gasteiger partial charge in [0.15, 0.2) is 12.0 Å². The number of benzene rings is 1. The standard InChI is InChI=1S/C15H16FN3OS/c16-12-8-13(9-4-2-1-3-5-9)19-14(12)17-15(18-19)21-11-6-10(20)7-11/h1-5,10-13,20H,6-8H2/t10?,11?,12-,13-/m0/s1. The molecule has 0 radical (unpaired) electrons. The molecule has 0 unspecified atom stereocenters. The third-order valence-corrected chi connectivity index (χ3v) is 5.27. The number of alkyl halides is 1. The molecule has 0 amide bonds. The van der Waals surface area contributed by atoms with Crippen molar-refractivity contribution in [2.75, 3.05) is 0 Å². The monoisotopic (exact) mass is 305 g/mol. The van der Waals surface area contributed by atoms with Crippen LogP contribution in [0.15, 0.2) is 35.5 Å². The average Bonchev–Trinajstić information content (AvgIpc) is 2.99. The number of aliphatic hydroxyl groups is 1. The van der Waals surface area contributed by atoms with Crippen LogP contribution in [0.4, 0.5) is 4.39 Å². The molecule has 2 atom stereocenters. The molecule has 6 heteroatoms. The third-order valence-electron chi connectivity index (χ3n) is 4.17. The first kappa shape index (κ1) is 13.3. The molecule has 0 spiro atoms. The number of rotatable bonds is 3. The molecule has 1 aliphatic heterocycles. The van der Waals surface area contributed by atoms with E-state index in [0.29, 0.717) is 22.7 Å². The molecular formula is C15H16FN3OS. The van der Waals surface area contributed by atoms with Gasteiger partial charge in [-0.1, -0.05) is 42.1 Å². The Morgan fingerprint density at radius 3 is 2.67 bits per heavy atom. The van der Waals surface area contributed by atoms with E-state index in [4.69, 9.17) is 0 Å². The van der Waals surface area contributed by atoms with Gasteiger partial charge < -0.3 is 5.11 Å². The van der Waals surface area contributed by atoms with Gasteiger partial charge in [-0.25, -0.2) is 14.1 Å². The molecule has 1 N–H and O–H groups in total. The van der Waals surface area contributed by atoms with Crippen LogP contribution in [0.5, 0.6) is 0 Å². The molecule has 1 fully saturated rings. The van der Waals surface area contributed by atoms with Crippen molar-refractivity contribution in [3.05, 3.63) is 41.7 Å². The molecule has 110 valence electrons. The topological polar surface area (TPSA) is 50.9 Å². The Kier molecular flexibility index (Phi) is 3.23. The van der Waals surface area contributed by atoms with Gasteiger partial charge in [0.25, 0.3) is 0 Å². The van der Waals surface area contributed by atoms with Gasteiger partial charge in [-0.3, -0.25) is 0 Å². The summed E-state index contributed by atoms with van der Waals surface area (Å²) in [5.41, 5.74) is 1.07. The number of fused-ring (bicyclic) bond motifs is 1. The second-order valence-corrected chi connectivity index (χ2v) is 6.96. The molecule has 2 heterocycles. The largest absolute Gasteiger partial charge is 0.393 e. The van der Waals surface area contributed by atoms with Gasteiger partial charge in [-0.15, -0.1) is 5.10 Å². The van der Waals surface area contributed by atoms with E-state index in [1.54, 1.807) is 16.4 Å². The molecule has 4 nitrogen and oxygen atoms in total. The van der Waals surface area contributed by atoms with Gasteiger partial charge in [0, 0.05) is 11.7 Å². The first-order valence-corrected chi connectivity index (χ1v) is 8.09. The minimum atomic E-state index is -1.05. The van der Waals surface area contributed by atoms with E-state index in [0.717, 1.165) is 18.4 Å². The molecule has 1 aliphatic carbocycles. The van der Waals surface area contributed by atoms with E-state index in [1.165, 1.54) is 0 Å². The maximum absolute atomic E-state index is 14.2. The molecule has 1 aromatic carbocycles. The van der Waals surface area contributed by atoms with Gasteiger partial charge in [0.05, 0.1) is 12.1 Å². The predicted octanol–water partition coefficient (Wildman–Crippen LogP) is 2.90. The van der Waals surface area contributed by atoms with Crippen LogP contribution in [0.2, 0.25) is 0 Å². The van der Waals surface area contributed by atoms with Gasteiger partial charge in [0.1, 0.15) is 0 Å². The lowest BCUT2D eigenvalue weighted by Crippen LogP contribution is -2.30. The number of aromatic nitrogens is 3. The number of halogens is 1. The van der Waals surface area contributed by atoms with Crippen molar-refractivity contribution in [1.29, 1.82) is 0 Å². The molecular weight excluding hydrogens is 289 g/mol. The summed E-state index contributed by atoms with van der Waals surface area (Å²) in [4.78, 5) is 4.35. The van der Waals surface area contributed by atoms with Crippen molar-refractivity contribution >= 4 is 11.8 Å². The van der Waals surface area contributed by atoms with Crippen molar-refractivity contribution in [2.45, 2.75) is 48.0 Å². The molecule has 0 bridgehead atoms. The first-order chi connectivity index (χ1) is 10.2. The van der Waals surface area contributed by atoms with E-state index >= 15 is 0 Å². The van der Waals surface area contributed by atoms with Crippen LogP contribution in [0, 0.1) is 0 Å². The van der Waals surface area contributed by atoms with E-state index in [2.05, 4.69) is 10.1 Å². The normalized spacial score (nSPS) is 31.0. The molecule has 2 aromatic rings. The summed E-state index contributed by atoms with van der Waals surface area (Å²) in [6, 6.07) is 9.82. The number of thioether (sulfide) groups is 1. The van der Waals surface area contributed by atoms with Crippen LogP contribution < -0.4 is 0 Å². The Balaban J connectivity index is 1.59. The molecule has 2 aliphatic rings. The second-order valence-electron chi connectivity index (χ2n) is 5.69. The molecule has 4 rings (SSSR count). The van der Waals surface area contributed by atoms with Crippen molar-refractivity contribution in [3.8, 4) is 0 Å². The van der Waals surface area contributed by atoms with Crippen LogP contribution in [-0.4, -0.2) is 31.2 Å². The highest BCUT2D eigenvalue weighted by Gasteiger charge is 2.36. The Labute approximate surface area is 126 Å². The zero-order chi connectivity index (χ0) is 14.4. The lowest BCUT2D eigenvalue weighted by atomic mass is 9.96. The molecule has 21 heavy (non-hydrogen) atoms. The van der Waals surface area contributed by atoms with E-state index < -0.39 is 6.17 Å². The summed E-state index contributed by atoms with van der Waals surface area (Å²) < 4.78 is 15.9. The van der Waals surface area contributed by atoms with Crippen molar-refractivity contribution in [3.63, 3.8) is 0 Å². The number of nitrogens with zero attached hydrogens (tertiary/aromatic N) is 3. The zero-order valence-electron chi connectivity index (χ0n) is 11.4. The van der Waals surface area contributed by atoms with Crippen LogP contribution in [0.25, 0.3) is 0 Å². The summed E-state index contributed by atoms with van der Waals surface area (Å²) in [7, 11) is 0. The van der Waals surface area contributed by atoms with Crippen molar-refractivity contribution in [1.82, 2.24) is 14.8 Å². The fourth-order valence-electron chi connectivity index (χ4n) is 2.94. The van der Waals surface area contributed by atoms with Crippen molar-refractivity contribution in [2.24, 2.45) is 0 Å². The second kappa shape index (κ2) is 5.10. The fraction of sp³-hybridized carbons (Fsp3) is 0.467. The summed E-state index contributed by atoms with van der Waals surface area (Å²) in [6.07, 6.45) is 0.713. The Hall–Kier alpha value is -1.40. The Morgan fingerprint density at radius 2 is 1.95 bits per heavy atom. The number of aliphatic hydroxyl groups excluding tert-OH is 1. The molecule has 1 aromatic heterocycles. The zero-order valence-corrected chi connectivity index (χ0v) is 12.2. The van der Waals surface area contributed by atoms with E-state index in [-0.39, 0.29) is 12.1 Å². The van der Waals surface area contributed by atoms with Gasteiger partial charge in [0.2, 0.25) is 5.16 Å². The highest BCUT2D eigenvalue weighted by molar-refractivity contribution is 7.99. The van der Waals surface area contributed by atoms with Gasteiger partial charge in [-0.2, -0.15) is 0 Å². The third kappa shape index (κ3) is 2.36. The first-order valence-electron chi connectivity index (χ1n) is 7.21. The van der Waals surface area contributed by atoms with Crippen molar-refractivity contribution < 1.29 is 9.50 Å². The van der Waals surface area contributed by atoms with E-state index in [9.17, 15) is 9.50 Å². The highest BCUT2D eigenvalue weighted by Crippen LogP contribution is 2.42. The van der Waals surface area contributed by atoms with Gasteiger partial charge in [-0.05, 0) is 18.4 Å². The maximum atomic E-state index is 14.2. The van der Waals surface area contributed by atoms with Crippen LogP contribution in [-0.2, 0) is 0 Å². The minimum absolute atomic E-state index is 0.0648. The van der Waals surface area contributed by atoms with Crippen LogP contribution in [0.1, 0.15) is 42.9 Å². The van der Waals surface area contributed by atoms with Gasteiger partial charge >= 0.3 is 0 Å². The summed E-state index contributed by atoms with van der Waals surface area (Å²) in [5, 5.41) is 14.8. The highest BCUT2D eigenvalue weighted by atomic mass is 32.2. The van der Waals surface area contributed by atoms with E-state index in [1.807, 2.05) is 30.3 Å². The smallest absolute Gasteiger partial charge is 0.209 e. The quantitative estimate of drug-likeness (QED) is 0.947. The van der Waals surface area contributed by atoms with Crippen LogP contribution >= 0.6 is 11.8 Å². The predicted molar refractivity (Wildman–Crippen MR) is 78.0 cm³/mol. The number of hydrogen-bond acceptors (Lipinski definition) is 4. The SMILES string of the molecule is OC1CC(Sc2nc3n(n2)[C@H](c2ccccc2)C[C@@H]3F)C1.